The fraction of sp³-hybridized carbons (Fsp3) is 0.429. The van der Waals surface area contributed by atoms with E-state index in [1.807, 2.05) is 36.6 Å². The molecule has 182 valence electrons. The second kappa shape index (κ2) is 10.8. The van der Waals surface area contributed by atoms with Gasteiger partial charge in [-0.1, -0.05) is 18.6 Å². The molecule has 1 saturated heterocycles. The molecule has 7 heteroatoms. The third kappa shape index (κ3) is 5.28. The minimum Gasteiger partial charge on any atom is -0.466 e. The van der Waals surface area contributed by atoms with Crippen molar-refractivity contribution >= 4 is 28.5 Å². The Morgan fingerprint density at radius 2 is 1.83 bits per heavy atom. The van der Waals surface area contributed by atoms with Gasteiger partial charge in [0, 0.05) is 23.5 Å². The van der Waals surface area contributed by atoms with E-state index >= 15 is 0 Å². The van der Waals surface area contributed by atoms with E-state index in [4.69, 9.17) is 16.3 Å². The molecule has 0 spiro atoms. The Labute approximate surface area is 206 Å². The Morgan fingerprint density at radius 3 is 2.49 bits per heavy atom. The van der Waals surface area contributed by atoms with Gasteiger partial charge in [0.25, 0.3) is 0 Å². The highest BCUT2D eigenvalue weighted by Crippen LogP contribution is 2.31. The Morgan fingerprint density at radius 1 is 1.11 bits per heavy atom. The maximum atomic E-state index is 13.6. The number of Topliss-reactive ketones (excluding diaryl/α,β-unsaturated/α-hetero) is 1. The number of esters is 1. The minimum absolute atomic E-state index is 0.0806. The van der Waals surface area contributed by atoms with E-state index in [2.05, 4.69) is 9.74 Å². The molecule has 0 bridgehead atoms. The molecule has 7 nitrogen and oxygen atoms in total. The fourth-order valence-corrected chi connectivity index (χ4v) is 4.92. The number of ketones is 1. The molecule has 1 fully saturated rings. The van der Waals surface area contributed by atoms with Crippen LogP contribution in [0.15, 0.2) is 30.3 Å². The van der Waals surface area contributed by atoms with Crippen LogP contribution >= 0.6 is 0 Å². The van der Waals surface area contributed by atoms with Crippen molar-refractivity contribution in [3.8, 4) is 5.69 Å². The zero-order chi connectivity index (χ0) is 24.9. The number of ether oxygens (including phenoxy) is 1. The summed E-state index contributed by atoms with van der Waals surface area (Å²) >= 11 is 0. The molecule has 2 aromatic heterocycles. The number of rotatable bonds is 8. The Bertz CT molecular complexity index is 1280. The lowest BCUT2D eigenvalue weighted by molar-refractivity contribution is -0.143. The van der Waals surface area contributed by atoms with Crippen LogP contribution in [-0.4, -0.2) is 52.4 Å². The number of likely N-dealkylation sites (tertiary alicyclic amines) is 1. The summed E-state index contributed by atoms with van der Waals surface area (Å²) < 4.78 is 7.14. The molecule has 0 atom stereocenters. The number of hydrogen-bond acceptors (Lipinski definition) is 5. The number of nitrogens with zero attached hydrogens (tertiary/aromatic N) is 4. The number of carbonyl (C=O) groups is 2. The van der Waals surface area contributed by atoms with Gasteiger partial charge in [-0.05, 0) is 76.9 Å². The van der Waals surface area contributed by atoms with Gasteiger partial charge in [-0.3, -0.25) is 19.5 Å². The molecule has 0 amide bonds. The second-order valence-electron chi connectivity index (χ2n) is 9.09. The quantitative estimate of drug-likeness (QED) is 0.251. The van der Waals surface area contributed by atoms with Crippen molar-refractivity contribution in [2.24, 2.45) is 0 Å². The van der Waals surface area contributed by atoms with Gasteiger partial charge in [0.2, 0.25) is 0 Å². The number of pyridine rings is 1. The first kappa shape index (κ1) is 24.6. The summed E-state index contributed by atoms with van der Waals surface area (Å²) in [4.78, 5) is 36.2. The number of benzene rings is 1. The van der Waals surface area contributed by atoms with Crippen molar-refractivity contribution in [2.45, 2.75) is 52.9 Å². The fourth-order valence-electron chi connectivity index (χ4n) is 4.92. The zero-order valence-corrected chi connectivity index (χ0v) is 20.8. The van der Waals surface area contributed by atoms with E-state index in [1.54, 1.807) is 19.1 Å². The molecule has 3 aromatic rings. The van der Waals surface area contributed by atoms with Crippen LogP contribution in [0.5, 0.6) is 0 Å². The standard InChI is InChI=1S/C28H32N4O3/c1-5-35-26(34)14-9-21-17-24-28(30-19(21)2)27(25(33)18-31-15-7-6-8-16-31)20(3)32(24)23-12-10-22(29-4)11-13-23/h10-13,17H,5-9,14-16,18H2,1-3H3. The highest BCUT2D eigenvalue weighted by molar-refractivity contribution is 6.09. The smallest absolute Gasteiger partial charge is 0.306 e. The predicted molar refractivity (Wildman–Crippen MR) is 136 cm³/mol. The van der Waals surface area contributed by atoms with E-state index in [-0.39, 0.29) is 18.2 Å². The van der Waals surface area contributed by atoms with Gasteiger partial charge in [-0.25, -0.2) is 4.85 Å². The van der Waals surface area contributed by atoms with Gasteiger partial charge in [-0.15, -0.1) is 0 Å². The largest absolute Gasteiger partial charge is 0.466 e. The van der Waals surface area contributed by atoms with Crippen LogP contribution < -0.4 is 0 Å². The molecule has 0 radical (unpaired) electrons. The molecule has 35 heavy (non-hydrogen) atoms. The summed E-state index contributed by atoms with van der Waals surface area (Å²) in [5.74, 6) is -0.150. The van der Waals surface area contributed by atoms with Crippen LogP contribution in [0.4, 0.5) is 5.69 Å². The average Bonchev–Trinajstić information content (AvgIpc) is 3.14. The molecule has 1 aliphatic heterocycles. The van der Waals surface area contributed by atoms with Crippen molar-refractivity contribution < 1.29 is 14.3 Å². The Balaban J connectivity index is 1.80. The molecular formula is C28H32N4O3. The first-order valence-corrected chi connectivity index (χ1v) is 12.3. The van der Waals surface area contributed by atoms with E-state index in [0.29, 0.717) is 36.3 Å². The van der Waals surface area contributed by atoms with Gasteiger partial charge in [0.05, 0.1) is 36.3 Å². The molecule has 1 aromatic carbocycles. The molecule has 4 rings (SSSR count). The summed E-state index contributed by atoms with van der Waals surface area (Å²) in [6.07, 6.45) is 4.28. The van der Waals surface area contributed by atoms with E-state index in [9.17, 15) is 9.59 Å². The van der Waals surface area contributed by atoms with Gasteiger partial charge < -0.3 is 9.30 Å². The normalized spacial score (nSPS) is 14.1. The van der Waals surface area contributed by atoms with E-state index in [1.165, 1.54) is 6.42 Å². The second-order valence-corrected chi connectivity index (χ2v) is 9.09. The number of hydrogen-bond donors (Lipinski definition) is 0. The van der Waals surface area contributed by atoms with Gasteiger partial charge >= 0.3 is 5.97 Å². The van der Waals surface area contributed by atoms with Gasteiger partial charge in [0.15, 0.2) is 11.5 Å². The molecule has 0 saturated carbocycles. The van der Waals surface area contributed by atoms with Crippen LogP contribution in [0.2, 0.25) is 0 Å². The lowest BCUT2D eigenvalue weighted by Gasteiger charge is -2.25. The monoisotopic (exact) mass is 472 g/mol. The summed E-state index contributed by atoms with van der Waals surface area (Å²) in [6, 6.07) is 9.41. The number of piperidine rings is 1. The SMILES string of the molecule is [C-]#[N+]c1ccc(-n2c(C)c(C(=O)CN3CCCCC3)c3nc(C)c(CCC(=O)OCC)cc32)cc1. The third-order valence-corrected chi connectivity index (χ3v) is 6.71. The first-order valence-electron chi connectivity index (χ1n) is 12.3. The van der Waals surface area contributed by atoms with Gasteiger partial charge in [-0.2, -0.15) is 0 Å². The number of carbonyl (C=O) groups excluding carboxylic acids is 2. The minimum atomic E-state index is -0.231. The van der Waals surface area contributed by atoms with Crippen LogP contribution in [-0.2, 0) is 16.0 Å². The van der Waals surface area contributed by atoms with Crippen molar-refractivity contribution in [3.63, 3.8) is 0 Å². The predicted octanol–water partition coefficient (Wildman–Crippen LogP) is 5.36. The van der Waals surface area contributed by atoms with E-state index in [0.717, 1.165) is 54.1 Å². The summed E-state index contributed by atoms with van der Waals surface area (Å²) in [6.45, 7) is 15.6. The zero-order valence-electron chi connectivity index (χ0n) is 20.8. The lowest BCUT2D eigenvalue weighted by atomic mass is 10.0. The van der Waals surface area contributed by atoms with Crippen molar-refractivity contribution in [2.75, 3.05) is 26.2 Å². The van der Waals surface area contributed by atoms with Crippen molar-refractivity contribution in [1.29, 1.82) is 0 Å². The Kier molecular flexibility index (Phi) is 7.62. The third-order valence-electron chi connectivity index (χ3n) is 6.71. The van der Waals surface area contributed by atoms with Gasteiger partial charge in [0.1, 0.15) is 0 Å². The molecule has 0 unspecified atom stereocenters. The number of fused-ring (bicyclic) bond motifs is 1. The van der Waals surface area contributed by atoms with Crippen molar-refractivity contribution in [1.82, 2.24) is 14.5 Å². The highest BCUT2D eigenvalue weighted by atomic mass is 16.5. The number of aryl methyl sites for hydroxylation is 2. The maximum Gasteiger partial charge on any atom is 0.306 e. The topological polar surface area (TPSA) is 68.8 Å². The van der Waals surface area contributed by atoms with E-state index < -0.39 is 0 Å². The molecule has 0 N–H and O–H groups in total. The average molecular weight is 473 g/mol. The summed E-state index contributed by atoms with van der Waals surface area (Å²) in [5, 5.41) is 0. The number of aromatic nitrogens is 2. The molecule has 0 aliphatic carbocycles. The van der Waals surface area contributed by atoms with Crippen LogP contribution in [0, 0.1) is 20.4 Å². The first-order chi connectivity index (χ1) is 16.9. The Hall–Kier alpha value is -3.50. The molecule has 3 heterocycles. The van der Waals surface area contributed by atoms with Crippen molar-refractivity contribution in [3.05, 3.63) is 64.3 Å². The van der Waals surface area contributed by atoms with Crippen LogP contribution in [0.25, 0.3) is 21.6 Å². The lowest BCUT2D eigenvalue weighted by Crippen LogP contribution is -2.34. The molecular weight excluding hydrogens is 440 g/mol. The molecule has 1 aliphatic rings. The highest BCUT2D eigenvalue weighted by Gasteiger charge is 2.25. The maximum absolute atomic E-state index is 13.6. The van der Waals surface area contributed by atoms with Crippen LogP contribution in [0.1, 0.15) is 59.9 Å². The summed E-state index contributed by atoms with van der Waals surface area (Å²) in [5.41, 5.74) is 6.23. The summed E-state index contributed by atoms with van der Waals surface area (Å²) in [7, 11) is 0. The van der Waals surface area contributed by atoms with Crippen LogP contribution in [0.3, 0.4) is 0 Å².